The largest absolute Gasteiger partial charge is 0.452 e. The lowest BCUT2D eigenvalue weighted by atomic mass is 10.1. The maximum Gasteiger partial charge on any atom is 0.311 e. The van der Waals surface area contributed by atoms with Crippen LogP contribution in [0.25, 0.3) is 5.69 Å². The Morgan fingerprint density at radius 2 is 1.78 bits per heavy atom. The molecule has 1 unspecified atom stereocenters. The molecule has 1 amide bonds. The molecule has 1 aromatic heterocycles. The standard InChI is InChI=1S/C23H22F3N3O3/c1-12-5-7-17(10-19(12)25)27-23(31)15(4)32-22(30)11-18-13(2)28-29(14(18)3)21-8-6-16(24)9-20(21)26/h5-10,15H,11H2,1-4H3,(H,27,31). The summed E-state index contributed by atoms with van der Waals surface area (Å²) < 4.78 is 47.5. The molecule has 6 nitrogen and oxygen atoms in total. The van der Waals surface area contributed by atoms with Crippen LogP contribution in [0.15, 0.2) is 36.4 Å². The monoisotopic (exact) mass is 445 g/mol. The Morgan fingerprint density at radius 1 is 1.06 bits per heavy atom. The minimum absolute atomic E-state index is 0.0460. The van der Waals surface area contributed by atoms with E-state index in [0.29, 0.717) is 22.5 Å². The minimum atomic E-state index is -1.13. The predicted octanol–water partition coefficient (Wildman–Crippen LogP) is 4.33. The van der Waals surface area contributed by atoms with Crippen molar-refractivity contribution in [3.05, 3.63) is 76.4 Å². The van der Waals surface area contributed by atoms with Gasteiger partial charge in [-0.3, -0.25) is 9.59 Å². The maximum absolute atomic E-state index is 14.1. The molecule has 3 rings (SSSR count). The van der Waals surface area contributed by atoms with Crippen LogP contribution >= 0.6 is 0 Å². The molecule has 3 aromatic rings. The predicted molar refractivity (Wildman–Crippen MR) is 112 cm³/mol. The molecular formula is C23H22F3N3O3. The molecule has 9 heteroatoms. The highest BCUT2D eigenvalue weighted by atomic mass is 19.1. The van der Waals surface area contributed by atoms with Crippen molar-refractivity contribution in [1.29, 1.82) is 0 Å². The average Bonchev–Trinajstić information content (AvgIpc) is 2.98. The van der Waals surface area contributed by atoms with Gasteiger partial charge in [0.15, 0.2) is 11.9 Å². The van der Waals surface area contributed by atoms with Gasteiger partial charge in [0, 0.05) is 23.0 Å². The number of anilines is 1. The molecule has 0 spiro atoms. The topological polar surface area (TPSA) is 73.2 Å². The first kappa shape index (κ1) is 23.1. The first-order valence-electron chi connectivity index (χ1n) is 9.84. The van der Waals surface area contributed by atoms with Crippen molar-refractivity contribution in [2.24, 2.45) is 0 Å². The molecular weight excluding hydrogens is 423 g/mol. The average molecular weight is 445 g/mol. The molecule has 1 N–H and O–H groups in total. The number of hydrogen-bond acceptors (Lipinski definition) is 4. The smallest absolute Gasteiger partial charge is 0.311 e. The number of nitrogens with one attached hydrogen (secondary N) is 1. The number of nitrogens with zero attached hydrogens (tertiary/aromatic N) is 2. The van der Waals surface area contributed by atoms with E-state index in [1.54, 1.807) is 26.8 Å². The van der Waals surface area contributed by atoms with Crippen LogP contribution in [0.2, 0.25) is 0 Å². The molecule has 0 fully saturated rings. The number of ether oxygens (including phenoxy) is 1. The molecule has 32 heavy (non-hydrogen) atoms. The summed E-state index contributed by atoms with van der Waals surface area (Å²) >= 11 is 0. The van der Waals surface area contributed by atoms with Crippen molar-refractivity contribution in [3.63, 3.8) is 0 Å². The van der Waals surface area contributed by atoms with Crippen LogP contribution < -0.4 is 5.32 Å². The van der Waals surface area contributed by atoms with Crippen LogP contribution in [0.4, 0.5) is 18.9 Å². The van der Waals surface area contributed by atoms with Crippen molar-refractivity contribution >= 4 is 17.6 Å². The fourth-order valence-corrected chi connectivity index (χ4v) is 3.17. The highest BCUT2D eigenvalue weighted by Gasteiger charge is 2.22. The van der Waals surface area contributed by atoms with Crippen LogP contribution in [0, 0.1) is 38.2 Å². The molecule has 0 radical (unpaired) electrons. The fraction of sp³-hybridized carbons (Fsp3) is 0.261. The van der Waals surface area contributed by atoms with Crippen molar-refractivity contribution in [1.82, 2.24) is 9.78 Å². The summed E-state index contributed by atoms with van der Waals surface area (Å²) in [5, 5.41) is 6.73. The number of aromatic nitrogens is 2. The number of esters is 1. The Balaban J connectivity index is 1.68. The second kappa shape index (κ2) is 9.25. The summed E-state index contributed by atoms with van der Waals surface area (Å²) in [5.41, 5.74) is 2.19. The first-order valence-corrected chi connectivity index (χ1v) is 9.84. The van der Waals surface area contributed by atoms with Gasteiger partial charge in [0.2, 0.25) is 0 Å². The first-order chi connectivity index (χ1) is 15.1. The van der Waals surface area contributed by atoms with Gasteiger partial charge in [-0.1, -0.05) is 6.07 Å². The van der Waals surface area contributed by atoms with Crippen molar-refractivity contribution in [3.8, 4) is 5.69 Å². The maximum atomic E-state index is 14.1. The van der Waals surface area contributed by atoms with Crippen LogP contribution in [0.1, 0.15) is 29.4 Å². The molecule has 0 aliphatic carbocycles. The number of aryl methyl sites for hydroxylation is 2. The summed E-state index contributed by atoms with van der Waals surface area (Å²) in [6.07, 6.45) is -1.32. The van der Waals surface area contributed by atoms with Gasteiger partial charge in [-0.25, -0.2) is 17.9 Å². The lowest BCUT2D eigenvalue weighted by Gasteiger charge is -2.14. The number of carbonyl (C=O) groups excluding carboxylic acids is 2. The van der Waals surface area contributed by atoms with Crippen LogP contribution in [-0.2, 0) is 20.7 Å². The molecule has 0 bridgehead atoms. The summed E-state index contributed by atoms with van der Waals surface area (Å²) in [6.45, 7) is 6.29. The van der Waals surface area contributed by atoms with E-state index in [4.69, 9.17) is 4.74 Å². The van der Waals surface area contributed by atoms with Gasteiger partial charge >= 0.3 is 5.97 Å². The van der Waals surface area contributed by atoms with E-state index >= 15 is 0 Å². The number of amides is 1. The summed E-state index contributed by atoms with van der Waals surface area (Å²) in [7, 11) is 0. The zero-order valence-corrected chi connectivity index (χ0v) is 18.0. The summed E-state index contributed by atoms with van der Waals surface area (Å²) in [6, 6.07) is 7.36. The molecule has 0 saturated heterocycles. The number of carbonyl (C=O) groups is 2. The fourth-order valence-electron chi connectivity index (χ4n) is 3.17. The Labute approximate surface area is 183 Å². The highest BCUT2D eigenvalue weighted by molar-refractivity contribution is 5.95. The van der Waals surface area contributed by atoms with E-state index in [0.717, 1.165) is 12.1 Å². The number of rotatable bonds is 6. The van der Waals surface area contributed by atoms with E-state index in [2.05, 4.69) is 10.4 Å². The molecule has 1 heterocycles. The Bertz CT molecular complexity index is 1190. The van der Waals surface area contributed by atoms with Gasteiger partial charge in [-0.2, -0.15) is 5.10 Å². The summed E-state index contributed by atoms with van der Waals surface area (Å²) in [5.74, 6) is -3.26. The number of hydrogen-bond donors (Lipinski definition) is 1. The number of benzene rings is 2. The van der Waals surface area contributed by atoms with E-state index in [1.165, 1.54) is 29.8 Å². The minimum Gasteiger partial charge on any atom is -0.452 e. The van der Waals surface area contributed by atoms with Crippen molar-refractivity contribution in [2.75, 3.05) is 5.32 Å². The normalized spacial score (nSPS) is 11.8. The van der Waals surface area contributed by atoms with Crippen LogP contribution in [0.3, 0.4) is 0 Å². The van der Waals surface area contributed by atoms with E-state index in [-0.39, 0.29) is 17.8 Å². The van der Waals surface area contributed by atoms with E-state index in [1.807, 2.05) is 0 Å². The third-order valence-electron chi connectivity index (χ3n) is 5.02. The SMILES string of the molecule is Cc1ccc(NC(=O)C(C)OC(=O)Cc2c(C)nn(-c3ccc(F)cc3F)c2C)cc1F. The van der Waals surface area contributed by atoms with Gasteiger partial charge in [-0.15, -0.1) is 0 Å². The van der Waals surface area contributed by atoms with Gasteiger partial charge in [0.05, 0.1) is 12.1 Å². The van der Waals surface area contributed by atoms with E-state index < -0.39 is 35.4 Å². The van der Waals surface area contributed by atoms with E-state index in [9.17, 15) is 22.8 Å². The van der Waals surface area contributed by atoms with Gasteiger partial charge in [0.1, 0.15) is 17.3 Å². The molecule has 1 atom stereocenters. The van der Waals surface area contributed by atoms with Crippen molar-refractivity contribution < 1.29 is 27.5 Å². The second-order valence-electron chi connectivity index (χ2n) is 7.42. The van der Waals surface area contributed by atoms with Crippen LogP contribution in [0.5, 0.6) is 0 Å². The highest BCUT2D eigenvalue weighted by Crippen LogP contribution is 2.22. The van der Waals surface area contributed by atoms with Crippen LogP contribution in [-0.4, -0.2) is 27.8 Å². The Hall–Kier alpha value is -3.62. The third kappa shape index (κ3) is 4.99. The second-order valence-corrected chi connectivity index (χ2v) is 7.42. The Morgan fingerprint density at radius 3 is 2.44 bits per heavy atom. The Kier molecular flexibility index (Phi) is 6.67. The zero-order valence-electron chi connectivity index (χ0n) is 18.0. The molecule has 0 aliphatic heterocycles. The van der Waals surface area contributed by atoms with Gasteiger partial charge in [-0.05, 0) is 57.5 Å². The molecule has 168 valence electrons. The summed E-state index contributed by atoms with van der Waals surface area (Å²) in [4.78, 5) is 24.7. The molecule has 0 aliphatic rings. The van der Waals surface area contributed by atoms with Gasteiger partial charge in [0.25, 0.3) is 5.91 Å². The lowest BCUT2D eigenvalue weighted by molar-refractivity contribution is -0.152. The quantitative estimate of drug-likeness (QED) is 0.574. The van der Waals surface area contributed by atoms with Gasteiger partial charge < -0.3 is 10.1 Å². The zero-order chi connectivity index (χ0) is 23.6. The third-order valence-corrected chi connectivity index (χ3v) is 5.02. The lowest BCUT2D eigenvalue weighted by Crippen LogP contribution is -2.30. The molecule has 0 saturated carbocycles. The number of halogens is 3. The molecule has 2 aromatic carbocycles. The van der Waals surface area contributed by atoms with Crippen molar-refractivity contribution in [2.45, 2.75) is 40.2 Å².